The lowest BCUT2D eigenvalue weighted by Gasteiger charge is -2.26. The molecule has 178 valence electrons. The van der Waals surface area contributed by atoms with Crippen molar-refractivity contribution in [1.29, 1.82) is 0 Å². The summed E-state index contributed by atoms with van der Waals surface area (Å²) < 4.78 is 33.2. The minimum absolute atomic E-state index is 0.00166. The van der Waals surface area contributed by atoms with E-state index in [1.54, 1.807) is 31.2 Å². The van der Waals surface area contributed by atoms with Crippen LogP contribution < -0.4 is 14.4 Å². The summed E-state index contributed by atoms with van der Waals surface area (Å²) in [5.74, 6) is -0.542. The van der Waals surface area contributed by atoms with E-state index in [1.165, 1.54) is 37.4 Å². The zero-order chi connectivity index (χ0) is 25.0. The zero-order valence-electron chi connectivity index (χ0n) is 18.6. The van der Waals surface area contributed by atoms with Crippen molar-refractivity contribution in [1.82, 2.24) is 0 Å². The van der Waals surface area contributed by atoms with Crippen LogP contribution in [0, 0.1) is 24.0 Å². The molecule has 0 atom stereocenters. The van der Waals surface area contributed by atoms with Crippen LogP contribution in [0.2, 0.25) is 5.02 Å². The number of sulfonamides is 1. The number of hydrogen-bond acceptors (Lipinski definition) is 6. The Morgan fingerprint density at radius 3 is 2.38 bits per heavy atom. The van der Waals surface area contributed by atoms with Gasteiger partial charge in [-0.3, -0.25) is 19.2 Å². The number of nitro benzene ring substituents is 1. The van der Waals surface area contributed by atoms with E-state index in [2.05, 4.69) is 5.32 Å². The molecule has 0 bridgehead atoms. The standard InChI is InChI=1S/C23H22ClN3O6S/c1-15-4-9-19(10-5-15)34(31,32)26(21-12-17(24)7-6-16(21)2)14-23(28)25-20-13-18(27(29)30)8-11-22(20)33-3/h4-13H,14H2,1-3H3,(H,25,28). The van der Waals surface area contributed by atoms with Gasteiger partial charge in [-0.2, -0.15) is 0 Å². The molecule has 0 aliphatic heterocycles. The number of hydrogen-bond donors (Lipinski definition) is 1. The van der Waals surface area contributed by atoms with Crippen LogP contribution in [0.3, 0.4) is 0 Å². The van der Waals surface area contributed by atoms with Crippen LogP contribution in [-0.2, 0) is 14.8 Å². The molecule has 0 aliphatic rings. The van der Waals surface area contributed by atoms with Crippen molar-refractivity contribution in [3.8, 4) is 5.75 Å². The lowest BCUT2D eigenvalue weighted by atomic mass is 10.2. The first kappa shape index (κ1) is 25.0. The predicted octanol–water partition coefficient (Wildman–Crippen LogP) is 4.71. The Morgan fingerprint density at radius 2 is 1.76 bits per heavy atom. The summed E-state index contributed by atoms with van der Waals surface area (Å²) in [5.41, 5.74) is 1.47. The maximum absolute atomic E-state index is 13.6. The second-order valence-electron chi connectivity index (χ2n) is 7.45. The van der Waals surface area contributed by atoms with Crippen LogP contribution in [0.5, 0.6) is 5.75 Å². The third kappa shape index (κ3) is 5.46. The number of carbonyl (C=O) groups is 1. The van der Waals surface area contributed by atoms with Crippen molar-refractivity contribution in [3.63, 3.8) is 0 Å². The van der Waals surface area contributed by atoms with E-state index in [1.807, 2.05) is 6.92 Å². The van der Waals surface area contributed by atoms with Gasteiger partial charge in [0.05, 0.1) is 28.3 Å². The highest BCUT2D eigenvalue weighted by Crippen LogP contribution is 2.31. The summed E-state index contributed by atoms with van der Waals surface area (Å²) in [6.07, 6.45) is 0. The molecule has 0 unspecified atom stereocenters. The van der Waals surface area contributed by atoms with Crippen molar-refractivity contribution in [2.24, 2.45) is 0 Å². The Morgan fingerprint density at radius 1 is 1.09 bits per heavy atom. The second kappa shape index (κ2) is 10.1. The number of rotatable bonds is 8. The van der Waals surface area contributed by atoms with E-state index in [0.717, 1.165) is 15.9 Å². The van der Waals surface area contributed by atoms with E-state index in [-0.39, 0.29) is 27.7 Å². The van der Waals surface area contributed by atoms with Gasteiger partial charge in [0.2, 0.25) is 5.91 Å². The molecule has 0 spiro atoms. The van der Waals surface area contributed by atoms with Crippen molar-refractivity contribution < 1.29 is 22.9 Å². The first-order valence-corrected chi connectivity index (χ1v) is 11.8. The van der Waals surface area contributed by atoms with E-state index >= 15 is 0 Å². The Kier molecular flexibility index (Phi) is 7.43. The van der Waals surface area contributed by atoms with E-state index < -0.39 is 27.4 Å². The molecule has 0 aromatic heterocycles. The molecule has 0 radical (unpaired) electrons. The molecule has 0 fully saturated rings. The van der Waals surface area contributed by atoms with Crippen LogP contribution in [0.1, 0.15) is 11.1 Å². The normalized spacial score (nSPS) is 11.1. The molecule has 34 heavy (non-hydrogen) atoms. The number of halogens is 1. The van der Waals surface area contributed by atoms with Crippen LogP contribution >= 0.6 is 11.6 Å². The van der Waals surface area contributed by atoms with Crippen LogP contribution in [-0.4, -0.2) is 32.9 Å². The van der Waals surface area contributed by atoms with Gasteiger partial charge in [-0.15, -0.1) is 0 Å². The van der Waals surface area contributed by atoms with E-state index in [9.17, 15) is 23.3 Å². The number of non-ortho nitro benzene ring substituents is 1. The molecule has 0 heterocycles. The summed E-state index contributed by atoms with van der Waals surface area (Å²) in [7, 11) is -2.81. The average molecular weight is 504 g/mol. The molecule has 9 nitrogen and oxygen atoms in total. The largest absolute Gasteiger partial charge is 0.495 e. The van der Waals surface area contributed by atoms with Gasteiger partial charge in [0.1, 0.15) is 12.3 Å². The maximum atomic E-state index is 13.6. The molecular weight excluding hydrogens is 482 g/mol. The predicted molar refractivity (Wildman–Crippen MR) is 130 cm³/mol. The van der Waals surface area contributed by atoms with Gasteiger partial charge in [-0.1, -0.05) is 35.4 Å². The minimum atomic E-state index is -4.16. The van der Waals surface area contributed by atoms with Gasteiger partial charge in [0.15, 0.2) is 0 Å². The lowest BCUT2D eigenvalue weighted by molar-refractivity contribution is -0.384. The van der Waals surface area contributed by atoms with E-state index in [4.69, 9.17) is 16.3 Å². The van der Waals surface area contributed by atoms with Gasteiger partial charge in [0, 0.05) is 17.2 Å². The fraction of sp³-hybridized carbons (Fsp3) is 0.174. The molecule has 0 saturated heterocycles. The van der Waals surface area contributed by atoms with Gasteiger partial charge in [-0.05, 0) is 49.7 Å². The first-order chi connectivity index (χ1) is 16.0. The highest BCUT2D eigenvalue weighted by molar-refractivity contribution is 7.92. The topological polar surface area (TPSA) is 119 Å². The highest BCUT2D eigenvalue weighted by Gasteiger charge is 2.29. The molecule has 1 N–H and O–H groups in total. The van der Waals surface area contributed by atoms with Crippen molar-refractivity contribution in [3.05, 3.63) is 86.9 Å². The molecule has 0 saturated carbocycles. The third-order valence-electron chi connectivity index (χ3n) is 5.00. The Labute approximate surface area is 202 Å². The Hall–Kier alpha value is -3.63. The molecule has 3 rings (SSSR count). The molecule has 0 aliphatic carbocycles. The minimum Gasteiger partial charge on any atom is -0.495 e. The number of anilines is 2. The van der Waals surface area contributed by atoms with Gasteiger partial charge in [0.25, 0.3) is 15.7 Å². The SMILES string of the molecule is COc1ccc([N+](=O)[O-])cc1NC(=O)CN(c1cc(Cl)ccc1C)S(=O)(=O)c1ccc(C)cc1. The summed E-state index contributed by atoms with van der Waals surface area (Å²) in [5, 5.41) is 13.9. The number of nitrogens with one attached hydrogen (secondary N) is 1. The van der Waals surface area contributed by atoms with Gasteiger partial charge >= 0.3 is 0 Å². The fourth-order valence-corrected chi connectivity index (χ4v) is 4.86. The summed E-state index contributed by atoms with van der Waals surface area (Å²) in [6, 6.07) is 14.7. The number of carbonyl (C=O) groups excluding carboxylic acids is 1. The highest BCUT2D eigenvalue weighted by atomic mass is 35.5. The van der Waals surface area contributed by atoms with Crippen LogP contribution in [0.25, 0.3) is 0 Å². The smallest absolute Gasteiger partial charge is 0.271 e. The van der Waals surface area contributed by atoms with Crippen molar-refractivity contribution in [2.45, 2.75) is 18.7 Å². The van der Waals surface area contributed by atoms with Crippen LogP contribution in [0.4, 0.5) is 17.1 Å². The number of amides is 1. The zero-order valence-corrected chi connectivity index (χ0v) is 20.2. The maximum Gasteiger partial charge on any atom is 0.271 e. The molecule has 3 aromatic rings. The van der Waals surface area contributed by atoms with Crippen molar-refractivity contribution in [2.75, 3.05) is 23.3 Å². The average Bonchev–Trinajstić information content (AvgIpc) is 2.79. The number of ether oxygens (including phenoxy) is 1. The quantitative estimate of drug-likeness (QED) is 0.351. The summed E-state index contributed by atoms with van der Waals surface area (Å²) >= 11 is 6.13. The van der Waals surface area contributed by atoms with Crippen molar-refractivity contribution >= 4 is 44.6 Å². The van der Waals surface area contributed by atoms with Gasteiger partial charge in [-0.25, -0.2) is 8.42 Å². The molecule has 1 amide bonds. The summed E-state index contributed by atoms with van der Waals surface area (Å²) in [6.45, 7) is 2.92. The summed E-state index contributed by atoms with van der Waals surface area (Å²) in [4.78, 5) is 23.5. The van der Waals surface area contributed by atoms with Crippen LogP contribution in [0.15, 0.2) is 65.6 Å². The molecular formula is C23H22ClN3O6S. The molecule has 11 heteroatoms. The number of nitrogens with zero attached hydrogens (tertiary/aromatic N) is 2. The number of nitro groups is 1. The first-order valence-electron chi connectivity index (χ1n) is 10.0. The number of aryl methyl sites for hydroxylation is 2. The second-order valence-corrected chi connectivity index (χ2v) is 9.74. The third-order valence-corrected chi connectivity index (χ3v) is 7.01. The monoisotopic (exact) mass is 503 g/mol. The Balaban J connectivity index is 2.02. The Bertz CT molecular complexity index is 1340. The fourth-order valence-electron chi connectivity index (χ4n) is 3.22. The number of benzene rings is 3. The number of methoxy groups -OCH3 is 1. The van der Waals surface area contributed by atoms with Gasteiger partial charge < -0.3 is 10.1 Å². The van der Waals surface area contributed by atoms with E-state index in [0.29, 0.717) is 10.6 Å². The lowest BCUT2D eigenvalue weighted by Crippen LogP contribution is -2.38. The molecule has 3 aromatic carbocycles.